The van der Waals surface area contributed by atoms with Crippen molar-refractivity contribution in [3.8, 4) is 5.69 Å². The quantitative estimate of drug-likeness (QED) is 0.819. The monoisotopic (exact) mass is 357 g/mol. The van der Waals surface area contributed by atoms with Crippen LogP contribution in [-0.4, -0.2) is 50.6 Å². The van der Waals surface area contributed by atoms with Crippen molar-refractivity contribution < 1.29 is 24.2 Å². The summed E-state index contributed by atoms with van der Waals surface area (Å²) in [5.74, 6) is -1.10. The largest absolute Gasteiger partial charge is 0.478 e. The SMILES string of the molecule is CCOC(=O)CCN1Cc2ncc(C)n2-c2cc(C(=O)O)ccc2C1=O. The molecular weight excluding hydrogens is 338 g/mol. The Hall–Kier alpha value is -3.16. The van der Waals surface area contributed by atoms with Gasteiger partial charge in [-0.1, -0.05) is 0 Å². The Kier molecular flexibility index (Phi) is 4.75. The van der Waals surface area contributed by atoms with Crippen molar-refractivity contribution >= 4 is 17.8 Å². The first kappa shape index (κ1) is 17.7. The molecule has 3 rings (SSSR count). The van der Waals surface area contributed by atoms with E-state index >= 15 is 0 Å². The number of ether oxygens (including phenoxy) is 1. The van der Waals surface area contributed by atoms with Crippen LogP contribution in [0.15, 0.2) is 24.4 Å². The van der Waals surface area contributed by atoms with Gasteiger partial charge in [0.15, 0.2) is 0 Å². The smallest absolute Gasteiger partial charge is 0.335 e. The second-order valence-corrected chi connectivity index (χ2v) is 5.97. The lowest BCUT2D eigenvalue weighted by molar-refractivity contribution is -0.143. The Morgan fingerprint density at radius 3 is 2.81 bits per heavy atom. The van der Waals surface area contributed by atoms with Crippen molar-refractivity contribution in [2.24, 2.45) is 0 Å². The van der Waals surface area contributed by atoms with Crippen molar-refractivity contribution in [1.82, 2.24) is 14.5 Å². The van der Waals surface area contributed by atoms with Crippen LogP contribution in [0.5, 0.6) is 0 Å². The average Bonchev–Trinajstić information content (AvgIpc) is 2.92. The van der Waals surface area contributed by atoms with E-state index in [1.54, 1.807) is 17.7 Å². The van der Waals surface area contributed by atoms with Gasteiger partial charge >= 0.3 is 11.9 Å². The third-order valence-corrected chi connectivity index (χ3v) is 4.24. The first-order valence-electron chi connectivity index (χ1n) is 8.28. The van der Waals surface area contributed by atoms with Crippen molar-refractivity contribution in [2.45, 2.75) is 26.8 Å². The highest BCUT2D eigenvalue weighted by Gasteiger charge is 2.28. The van der Waals surface area contributed by atoms with Crippen LogP contribution in [0.1, 0.15) is 45.6 Å². The lowest BCUT2D eigenvalue weighted by atomic mass is 10.1. The summed E-state index contributed by atoms with van der Waals surface area (Å²) in [5, 5.41) is 9.27. The summed E-state index contributed by atoms with van der Waals surface area (Å²) in [6.45, 7) is 4.28. The summed E-state index contributed by atoms with van der Waals surface area (Å²) in [6.07, 6.45) is 1.76. The molecule has 0 saturated heterocycles. The van der Waals surface area contributed by atoms with Crippen LogP contribution in [0.3, 0.4) is 0 Å². The fourth-order valence-corrected chi connectivity index (χ4v) is 3.01. The number of carbonyl (C=O) groups excluding carboxylic acids is 2. The molecule has 2 heterocycles. The van der Waals surface area contributed by atoms with E-state index in [0.717, 1.165) is 5.69 Å². The maximum Gasteiger partial charge on any atom is 0.335 e. The minimum Gasteiger partial charge on any atom is -0.478 e. The van der Waals surface area contributed by atoms with Gasteiger partial charge in [-0.15, -0.1) is 0 Å². The molecule has 1 aromatic carbocycles. The van der Waals surface area contributed by atoms with Gasteiger partial charge in [0, 0.05) is 18.4 Å². The van der Waals surface area contributed by atoms with Crippen LogP contribution < -0.4 is 0 Å². The maximum absolute atomic E-state index is 13.0. The number of hydrogen-bond donors (Lipinski definition) is 1. The summed E-state index contributed by atoms with van der Waals surface area (Å²) in [4.78, 5) is 41.8. The molecule has 0 spiro atoms. The molecule has 1 aromatic heterocycles. The number of hydrogen-bond acceptors (Lipinski definition) is 5. The highest BCUT2D eigenvalue weighted by molar-refractivity contribution is 6.00. The molecule has 0 radical (unpaired) electrons. The number of carboxylic acids is 1. The van der Waals surface area contributed by atoms with E-state index in [1.165, 1.54) is 23.1 Å². The topological polar surface area (TPSA) is 102 Å². The number of esters is 1. The lowest BCUT2D eigenvalue weighted by Gasteiger charge is -2.19. The third-order valence-electron chi connectivity index (χ3n) is 4.24. The molecule has 136 valence electrons. The number of rotatable bonds is 5. The number of carbonyl (C=O) groups is 3. The van der Waals surface area contributed by atoms with E-state index in [-0.39, 0.29) is 43.6 Å². The molecule has 0 aliphatic carbocycles. The first-order valence-corrected chi connectivity index (χ1v) is 8.28. The van der Waals surface area contributed by atoms with Crippen LogP contribution in [0.25, 0.3) is 5.69 Å². The zero-order chi connectivity index (χ0) is 18.8. The molecule has 1 amide bonds. The number of carboxylic acid groups (broad SMARTS) is 1. The maximum atomic E-state index is 13.0. The number of fused-ring (bicyclic) bond motifs is 3. The number of aromatic nitrogens is 2. The Bertz CT molecular complexity index is 887. The zero-order valence-electron chi connectivity index (χ0n) is 14.6. The van der Waals surface area contributed by atoms with Gasteiger partial charge in [0.25, 0.3) is 5.91 Å². The molecule has 1 N–H and O–H groups in total. The Labute approximate surface area is 150 Å². The molecule has 8 heteroatoms. The summed E-state index contributed by atoms with van der Waals surface area (Å²) in [6, 6.07) is 4.38. The minimum atomic E-state index is -1.07. The van der Waals surface area contributed by atoms with Crippen molar-refractivity contribution in [3.05, 3.63) is 47.0 Å². The fraction of sp³-hybridized carbons (Fsp3) is 0.333. The molecule has 1 aliphatic heterocycles. The van der Waals surface area contributed by atoms with Gasteiger partial charge in [-0.05, 0) is 32.0 Å². The van der Waals surface area contributed by atoms with Crippen LogP contribution in [0.2, 0.25) is 0 Å². The summed E-state index contributed by atoms with van der Waals surface area (Å²) in [7, 11) is 0. The Morgan fingerprint density at radius 2 is 2.12 bits per heavy atom. The summed E-state index contributed by atoms with van der Waals surface area (Å²) >= 11 is 0. The number of imidazole rings is 1. The number of aromatic carboxylic acids is 1. The zero-order valence-corrected chi connectivity index (χ0v) is 14.6. The second kappa shape index (κ2) is 6.99. The molecule has 0 fully saturated rings. The number of aryl methyl sites for hydroxylation is 1. The third kappa shape index (κ3) is 3.17. The van der Waals surface area contributed by atoms with Gasteiger partial charge < -0.3 is 14.7 Å². The van der Waals surface area contributed by atoms with Gasteiger partial charge in [-0.2, -0.15) is 0 Å². The lowest BCUT2D eigenvalue weighted by Crippen LogP contribution is -2.32. The van der Waals surface area contributed by atoms with Crippen molar-refractivity contribution in [1.29, 1.82) is 0 Å². The first-order chi connectivity index (χ1) is 12.4. The van der Waals surface area contributed by atoms with E-state index in [1.807, 2.05) is 6.92 Å². The standard InChI is InChI=1S/C18H19N3O5/c1-3-26-16(22)6-7-20-10-15-19-9-11(2)21(15)14-8-12(18(24)25)4-5-13(14)17(20)23/h4-5,8-9H,3,6-7,10H2,1-2H3,(H,24,25). The normalized spacial score (nSPS) is 13.0. The average molecular weight is 357 g/mol. The van der Waals surface area contributed by atoms with E-state index < -0.39 is 5.97 Å². The van der Waals surface area contributed by atoms with E-state index in [0.29, 0.717) is 17.1 Å². The summed E-state index contributed by atoms with van der Waals surface area (Å²) in [5.41, 5.74) is 1.75. The van der Waals surface area contributed by atoms with E-state index in [4.69, 9.17) is 4.74 Å². The molecular formula is C18H19N3O5. The van der Waals surface area contributed by atoms with Crippen LogP contribution in [-0.2, 0) is 16.1 Å². The van der Waals surface area contributed by atoms with Gasteiger partial charge in [0.1, 0.15) is 5.82 Å². The highest BCUT2D eigenvalue weighted by atomic mass is 16.5. The van der Waals surface area contributed by atoms with Crippen LogP contribution in [0.4, 0.5) is 0 Å². The summed E-state index contributed by atoms with van der Waals surface area (Å²) < 4.78 is 6.70. The predicted octanol–water partition coefficient (Wildman–Crippen LogP) is 1.79. The molecule has 26 heavy (non-hydrogen) atoms. The number of amides is 1. The molecule has 0 atom stereocenters. The molecule has 1 aliphatic rings. The molecule has 8 nitrogen and oxygen atoms in total. The minimum absolute atomic E-state index is 0.0851. The van der Waals surface area contributed by atoms with E-state index in [9.17, 15) is 19.5 Å². The van der Waals surface area contributed by atoms with E-state index in [2.05, 4.69) is 4.98 Å². The number of nitrogens with zero attached hydrogens (tertiary/aromatic N) is 3. The van der Waals surface area contributed by atoms with Crippen LogP contribution in [0, 0.1) is 6.92 Å². The highest BCUT2D eigenvalue weighted by Crippen LogP contribution is 2.27. The molecule has 0 saturated carbocycles. The van der Waals surface area contributed by atoms with Gasteiger partial charge in [0.05, 0.1) is 36.4 Å². The second-order valence-electron chi connectivity index (χ2n) is 5.97. The van der Waals surface area contributed by atoms with Crippen molar-refractivity contribution in [3.63, 3.8) is 0 Å². The molecule has 0 bridgehead atoms. The molecule has 2 aromatic rings. The Morgan fingerprint density at radius 1 is 1.35 bits per heavy atom. The Balaban J connectivity index is 2.02. The number of benzene rings is 1. The van der Waals surface area contributed by atoms with Gasteiger partial charge in [-0.25, -0.2) is 9.78 Å². The fourth-order valence-electron chi connectivity index (χ4n) is 3.01. The van der Waals surface area contributed by atoms with Gasteiger partial charge in [-0.3, -0.25) is 14.2 Å². The van der Waals surface area contributed by atoms with Crippen LogP contribution >= 0.6 is 0 Å². The van der Waals surface area contributed by atoms with Gasteiger partial charge in [0.2, 0.25) is 0 Å². The predicted molar refractivity (Wildman–Crippen MR) is 91.3 cm³/mol. The molecule has 0 unspecified atom stereocenters. The van der Waals surface area contributed by atoms with Crippen molar-refractivity contribution in [2.75, 3.05) is 13.2 Å².